The number of nitrogens with zero attached hydrogens (tertiary/aromatic N) is 1. The van der Waals surface area contributed by atoms with E-state index in [1.807, 2.05) is 55.5 Å². The summed E-state index contributed by atoms with van der Waals surface area (Å²) in [5.41, 5.74) is 1.81. The Morgan fingerprint density at radius 2 is 1.88 bits per heavy atom. The van der Waals surface area contributed by atoms with E-state index in [9.17, 15) is 4.79 Å². The summed E-state index contributed by atoms with van der Waals surface area (Å²) in [6.45, 7) is 2.10. The molecule has 0 aliphatic carbocycles. The highest BCUT2D eigenvalue weighted by atomic mass is 16.1. The minimum absolute atomic E-state index is 0.228. The van der Waals surface area contributed by atoms with E-state index in [1.54, 1.807) is 0 Å². The van der Waals surface area contributed by atoms with Gasteiger partial charge in [-0.1, -0.05) is 43.7 Å². The Morgan fingerprint density at radius 1 is 1.24 bits per heavy atom. The van der Waals surface area contributed by atoms with Gasteiger partial charge in [-0.15, -0.1) is 0 Å². The first-order valence-corrected chi connectivity index (χ1v) is 6.12. The molecular formula is C15H21NO. The average Bonchev–Trinajstić information content (AvgIpc) is 2.34. The van der Waals surface area contributed by atoms with Crippen LogP contribution >= 0.6 is 0 Å². The van der Waals surface area contributed by atoms with Crippen LogP contribution in [0, 0.1) is 0 Å². The Kier molecular flexibility index (Phi) is 5.47. The summed E-state index contributed by atoms with van der Waals surface area (Å²) in [5.74, 6) is 0.228. The Balaban J connectivity index is 2.93. The van der Waals surface area contributed by atoms with Crippen LogP contribution in [-0.2, 0) is 4.79 Å². The van der Waals surface area contributed by atoms with Crippen molar-refractivity contribution in [3.63, 3.8) is 0 Å². The van der Waals surface area contributed by atoms with Crippen LogP contribution in [0.2, 0.25) is 0 Å². The molecule has 0 spiro atoms. The van der Waals surface area contributed by atoms with Crippen LogP contribution in [0.5, 0.6) is 0 Å². The lowest BCUT2D eigenvalue weighted by Crippen LogP contribution is -2.08. The van der Waals surface area contributed by atoms with Gasteiger partial charge in [-0.25, -0.2) is 0 Å². The van der Waals surface area contributed by atoms with Gasteiger partial charge in [0.1, 0.15) is 0 Å². The van der Waals surface area contributed by atoms with E-state index in [4.69, 9.17) is 0 Å². The highest BCUT2D eigenvalue weighted by Gasteiger charge is 2.11. The van der Waals surface area contributed by atoms with Gasteiger partial charge in [0.2, 0.25) is 0 Å². The van der Waals surface area contributed by atoms with Crippen LogP contribution in [0.25, 0.3) is 5.57 Å². The number of rotatable bonds is 6. The fraction of sp³-hybridized carbons (Fsp3) is 0.400. The summed E-state index contributed by atoms with van der Waals surface area (Å²) in [5, 5.41) is 0. The lowest BCUT2D eigenvalue weighted by Gasteiger charge is -2.11. The molecule has 1 aromatic rings. The van der Waals surface area contributed by atoms with Gasteiger partial charge < -0.3 is 4.90 Å². The number of ketones is 1. The van der Waals surface area contributed by atoms with E-state index < -0.39 is 0 Å². The molecule has 2 heteroatoms. The summed E-state index contributed by atoms with van der Waals surface area (Å²) in [6, 6.07) is 9.86. The molecule has 92 valence electrons. The van der Waals surface area contributed by atoms with Crippen LogP contribution in [0.4, 0.5) is 0 Å². The van der Waals surface area contributed by atoms with Gasteiger partial charge in [0.15, 0.2) is 5.78 Å². The fourth-order valence-corrected chi connectivity index (χ4v) is 1.66. The Hall–Kier alpha value is -1.57. The standard InChI is InChI=1S/C15H21NO/c1-4-5-11-15(17)14(12-16(2)3)13-9-7-6-8-10-13/h6-10,12H,4-5,11H2,1-3H3/b14-12-. The zero-order chi connectivity index (χ0) is 12.7. The number of unbranched alkanes of at least 4 members (excludes halogenated alkanes) is 1. The molecule has 0 N–H and O–H groups in total. The molecule has 0 unspecified atom stereocenters. The zero-order valence-corrected chi connectivity index (χ0v) is 10.9. The van der Waals surface area contributed by atoms with E-state index in [-0.39, 0.29) is 5.78 Å². The highest BCUT2D eigenvalue weighted by molar-refractivity contribution is 6.20. The SMILES string of the molecule is CCCCC(=O)/C(=C\N(C)C)c1ccccc1. The predicted octanol–water partition coefficient (Wildman–Crippen LogP) is 3.35. The number of Topliss-reactive ketones (excluding diaryl/α,β-unsaturated/α-hetero) is 1. The molecule has 17 heavy (non-hydrogen) atoms. The second-order valence-corrected chi connectivity index (χ2v) is 4.40. The first-order valence-electron chi connectivity index (χ1n) is 6.12. The third-order valence-electron chi connectivity index (χ3n) is 2.53. The van der Waals surface area contributed by atoms with E-state index in [1.165, 1.54) is 0 Å². The largest absolute Gasteiger partial charge is 0.383 e. The number of allylic oxidation sites excluding steroid dienone is 1. The van der Waals surface area contributed by atoms with Crippen LogP contribution in [0.15, 0.2) is 36.5 Å². The maximum atomic E-state index is 12.1. The Labute approximate surface area is 104 Å². The molecule has 0 amide bonds. The van der Waals surface area contributed by atoms with Crippen LogP contribution in [0.1, 0.15) is 31.7 Å². The second-order valence-electron chi connectivity index (χ2n) is 4.40. The molecule has 0 fully saturated rings. The van der Waals surface area contributed by atoms with Crippen molar-refractivity contribution in [2.45, 2.75) is 26.2 Å². The van der Waals surface area contributed by atoms with Crippen molar-refractivity contribution in [3.8, 4) is 0 Å². The van der Waals surface area contributed by atoms with Crippen molar-refractivity contribution >= 4 is 11.4 Å². The smallest absolute Gasteiger partial charge is 0.164 e. The summed E-state index contributed by atoms with van der Waals surface area (Å²) in [4.78, 5) is 14.1. The third kappa shape index (κ3) is 4.43. The van der Waals surface area contributed by atoms with Gasteiger partial charge in [-0.2, -0.15) is 0 Å². The first-order chi connectivity index (χ1) is 8.15. The normalized spacial score (nSPS) is 11.4. The summed E-state index contributed by atoms with van der Waals surface area (Å²) in [6.07, 6.45) is 4.55. The molecule has 0 aliphatic heterocycles. The van der Waals surface area contributed by atoms with Gasteiger partial charge in [0, 0.05) is 32.3 Å². The number of hydrogen-bond donors (Lipinski definition) is 0. The van der Waals surface area contributed by atoms with Crippen LogP contribution < -0.4 is 0 Å². The molecule has 0 saturated carbocycles. The summed E-state index contributed by atoms with van der Waals surface area (Å²) < 4.78 is 0. The third-order valence-corrected chi connectivity index (χ3v) is 2.53. The van der Waals surface area contributed by atoms with Crippen molar-refractivity contribution in [3.05, 3.63) is 42.1 Å². The van der Waals surface area contributed by atoms with Crippen molar-refractivity contribution in [2.75, 3.05) is 14.1 Å². The van der Waals surface area contributed by atoms with Gasteiger partial charge in [-0.05, 0) is 12.0 Å². The van der Waals surface area contributed by atoms with E-state index in [0.29, 0.717) is 6.42 Å². The quantitative estimate of drug-likeness (QED) is 0.700. The van der Waals surface area contributed by atoms with Gasteiger partial charge in [-0.3, -0.25) is 4.79 Å². The Bertz CT molecular complexity index is 379. The van der Waals surface area contributed by atoms with Gasteiger partial charge >= 0.3 is 0 Å². The minimum atomic E-state index is 0.228. The fourth-order valence-electron chi connectivity index (χ4n) is 1.66. The molecule has 0 aliphatic rings. The molecule has 1 rings (SSSR count). The minimum Gasteiger partial charge on any atom is -0.383 e. The molecule has 0 aromatic heterocycles. The van der Waals surface area contributed by atoms with Crippen molar-refractivity contribution in [1.82, 2.24) is 4.90 Å². The molecule has 2 nitrogen and oxygen atoms in total. The number of carbonyl (C=O) groups excluding carboxylic acids is 1. The zero-order valence-electron chi connectivity index (χ0n) is 10.9. The molecule has 0 saturated heterocycles. The number of benzene rings is 1. The van der Waals surface area contributed by atoms with Crippen LogP contribution in [-0.4, -0.2) is 24.8 Å². The van der Waals surface area contributed by atoms with E-state index >= 15 is 0 Å². The van der Waals surface area contributed by atoms with Gasteiger partial charge in [0.25, 0.3) is 0 Å². The van der Waals surface area contributed by atoms with E-state index in [2.05, 4.69) is 6.92 Å². The topological polar surface area (TPSA) is 20.3 Å². The van der Waals surface area contributed by atoms with Crippen molar-refractivity contribution < 1.29 is 4.79 Å². The maximum absolute atomic E-state index is 12.1. The first kappa shape index (κ1) is 13.5. The molecule has 0 bridgehead atoms. The maximum Gasteiger partial charge on any atom is 0.164 e. The molecule has 0 heterocycles. The molecule has 1 aromatic carbocycles. The molecular weight excluding hydrogens is 210 g/mol. The molecule has 0 atom stereocenters. The van der Waals surface area contributed by atoms with Crippen molar-refractivity contribution in [1.29, 1.82) is 0 Å². The van der Waals surface area contributed by atoms with Crippen LogP contribution in [0.3, 0.4) is 0 Å². The Morgan fingerprint density at radius 3 is 2.41 bits per heavy atom. The monoisotopic (exact) mass is 231 g/mol. The second kappa shape index (κ2) is 6.89. The lowest BCUT2D eigenvalue weighted by molar-refractivity contribution is -0.113. The van der Waals surface area contributed by atoms with Crippen molar-refractivity contribution in [2.24, 2.45) is 0 Å². The number of carbonyl (C=O) groups is 1. The summed E-state index contributed by atoms with van der Waals surface area (Å²) in [7, 11) is 3.88. The predicted molar refractivity (Wildman–Crippen MR) is 72.6 cm³/mol. The summed E-state index contributed by atoms with van der Waals surface area (Å²) >= 11 is 0. The average molecular weight is 231 g/mol. The van der Waals surface area contributed by atoms with E-state index in [0.717, 1.165) is 24.0 Å². The highest BCUT2D eigenvalue weighted by Crippen LogP contribution is 2.18. The molecule has 0 radical (unpaired) electrons. The lowest BCUT2D eigenvalue weighted by atomic mass is 9.99. The van der Waals surface area contributed by atoms with Gasteiger partial charge in [0.05, 0.1) is 0 Å². The number of hydrogen-bond acceptors (Lipinski definition) is 2.